The molecule has 0 spiro atoms. The van der Waals surface area contributed by atoms with Crippen LogP contribution in [0.2, 0.25) is 0 Å². The first kappa shape index (κ1) is 13.9. The van der Waals surface area contributed by atoms with E-state index in [1.165, 1.54) is 32.1 Å². The lowest BCUT2D eigenvalue weighted by Gasteiger charge is -2.22. The number of hydrogen-bond donors (Lipinski definition) is 1. The Kier molecular flexibility index (Phi) is 4.09. The molecule has 0 aliphatic heterocycles. The van der Waals surface area contributed by atoms with Gasteiger partial charge in [0.15, 0.2) is 0 Å². The molecule has 3 heteroatoms. The maximum atomic E-state index is 11.3. The number of aromatic carboxylic acids is 1. The molecule has 3 rings (SSSR count). The van der Waals surface area contributed by atoms with Crippen molar-refractivity contribution in [3.05, 3.63) is 42.0 Å². The van der Waals surface area contributed by atoms with Crippen LogP contribution < -0.4 is 4.74 Å². The fourth-order valence-corrected chi connectivity index (χ4v) is 3.15. The van der Waals surface area contributed by atoms with E-state index < -0.39 is 5.97 Å². The monoisotopic (exact) mass is 284 g/mol. The lowest BCUT2D eigenvalue weighted by Crippen LogP contribution is -2.15. The quantitative estimate of drug-likeness (QED) is 0.899. The van der Waals surface area contributed by atoms with E-state index in [0.29, 0.717) is 11.5 Å². The Morgan fingerprint density at radius 1 is 1.05 bits per heavy atom. The second-order valence-electron chi connectivity index (χ2n) is 5.78. The van der Waals surface area contributed by atoms with Gasteiger partial charge >= 0.3 is 5.97 Å². The predicted molar refractivity (Wildman–Crippen MR) is 83.0 cm³/mol. The molecule has 110 valence electrons. The number of fused-ring (bicyclic) bond motifs is 1. The zero-order valence-corrected chi connectivity index (χ0v) is 12.0. The van der Waals surface area contributed by atoms with Crippen molar-refractivity contribution >= 4 is 16.7 Å². The van der Waals surface area contributed by atoms with Crippen molar-refractivity contribution in [1.82, 2.24) is 0 Å². The summed E-state index contributed by atoms with van der Waals surface area (Å²) < 4.78 is 6.00. The fourth-order valence-electron chi connectivity index (χ4n) is 3.15. The van der Waals surface area contributed by atoms with Crippen molar-refractivity contribution in [1.29, 1.82) is 0 Å². The molecule has 0 aromatic heterocycles. The molecule has 21 heavy (non-hydrogen) atoms. The van der Waals surface area contributed by atoms with Crippen LogP contribution in [0.3, 0.4) is 0 Å². The van der Waals surface area contributed by atoms with Crippen LogP contribution in [0, 0.1) is 5.92 Å². The van der Waals surface area contributed by atoms with Crippen LogP contribution in [0.4, 0.5) is 0 Å². The van der Waals surface area contributed by atoms with Crippen molar-refractivity contribution in [2.24, 2.45) is 5.92 Å². The van der Waals surface area contributed by atoms with Crippen molar-refractivity contribution < 1.29 is 14.6 Å². The van der Waals surface area contributed by atoms with Crippen LogP contribution in [-0.4, -0.2) is 17.7 Å². The summed E-state index contributed by atoms with van der Waals surface area (Å²) in [5, 5.41) is 10.9. The van der Waals surface area contributed by atoms with E-state index in [1.807, 2.05) is 24.3 Å². The zero-order valence-electron chi connectivity index (χ0n) is 12.0. The standard InChI is InChI=1S/C18H20O3/c19-18(20)16-10-11-17(15-9-5-4-8-14(15)16)21-12-13-6-2-1-3-7-13/h4-5,8-11,13H,1-3,6-7,12H2,(H,19,20). The molecular formula is C18H20O3. The minimum absolute atomic E-state index is 0.329. The average molecular weight is 284 g/mol. The summed E-state index contributed by atoms with van der Waals surface area (Å²) in [5.41, 5.74) is 0.329. The second-order valence-corrected chi connectivity index (χ2v) is 5.78. The minimum Gasteiger partial charge on any atom is -0.493 e. The number of hydrogen-bond acceptors (Lipinski definition) is 2. The highest BCUT2D eigenvalue weighted by Gasteiger charge is 2.16. The van der Waals surface area contributed by atoms with Crippen LogP contribution in [0.25, 0.3) is 10.8 Å². The Morgan fingerprint density at radius 2 is 1.76 bits per heavy atom. The largest absolute Gasteiger partial charge is 0.493 e. The first-order valence-electron chi connectivity index (χ1n) is 7.63. The molecule has 2 aromatic carbocycles. The highest BCUT2D eigenvalue weighted by molar-refractivity contribution is 6.05. The van der Waals surface area contributed by atoms with E-state index in [1.54, 1.807) is 12.1 Å². The molecule has 1 fully saturated rings. The van der Waals surface area contributed by atoms with Gasteiger partial charge in [-0.1, -0.05) is 43.5 Å². The summed E-state index contributed by atoms with van der Waals surface area (Å²) in [6.45, 7) is 0.733. The second kappa shape index (κ2) is 6.17. The van der Waals surface area contributed by atoms with Crippen molar-refractivity contribution in [2.75, 3.05) is 6.61 Å². The van der Waals surface area contributed by atoms with E-state index in [9.17, 15) is 9.90 Å². The average Bonchev–Trinajstić information content (AvgIpc) is 2.53. The summed E-state index contributed by atoms with van der Waals surface area (Å²) >= 11 is 0. The van der Waals surface area contributed by atoms with Gasteiger partial charge in [-0.25, -0.2) is 4.79 Å². The number of benzene rings is 2. The highest BCUT2D eigenvalue weighted by atomic mass is 16.5. The maximum Gasteiger partial charge on any atom is 0.336 e. The van der Waals surface area contributed by atoms with Gasteiger partial charge in [0.05, 0.1) is 12.2 Å². The smallest absolute Gasteiger partial charge is 0.336 e. The SMILES string of the molecule is O=C(O)c1ccc(OCC2CCCCC2)c2ccccc12. The Morgan fingerprint density at radius 3 is 2.48 bits per heavy atom. The number of carbonyl (C=O) groups is 1. The molecule has 0 radical (unpaired) electrons. The van der Waals surface area contributed by atoms with Crippen molar-refractivity contribution in [3.8, 4) is 5.75 Å². The minimum atomic E-state index is -0.898. The van der Waals surface area contributed by atoms with Crippen molar-refractivity contribution in [2.45, 2.75) is 32.1 Å². The van der Waals surface area contributed by atoms with Gasteiger partial charge in [0, 0.05) is 5.39 Å². The number of ether oxygens (including phenoxy) is 1. The number of rotatable bonds is 4. The number of carboxylic acid groups (broad SMARTS) is 1. The topological polar surface area (TPSA) is 46.5 Å². The van der Waals surface area contributed by atoms with Crippen LogP contribution in [0.5, 0.6) is 5.75 Å². The van der Waals surface area contributed by atoms with Gasteiger partial charge in [0.1, 0.15) is 5.75 Å². The van der Waals surface area contributed by atoms with Gasteiger partial charge in [-0.3, -0.25) is 0 Å². The predicted octanol–water partition coefficient (Wildman–Crippen LogP) is 4.50. The molecule has 1 aliphatic carbocycles. The Labute approximate surface area is 124 Å². The molecule has 1 N–H and O–H groups in total. The molecule has 0 atom stereocenters. The number of carboxylic acids is 1. The van der Waals surface area contributed by atoms with Gasteiger partial charge < -0.3 is 9.84 Å². The Balaban J connectivity index is 1.85. The molecule has 0 unspecified atom stereocenters. The molecule has 3 nitrogen and oxygen atoms in total. The Hall–Kier alpha value is -2.03. The van der Waals surface area contributed by atoms with Crippen LogP contribution >= 0.6 is 0 Å². The molecule has 1 saturated carbocycles. The molecule has 2 aromatic rings. The molecule has 0 heterocycles. The first-order valence-corrected chi connectivity index (χ1v) is 7.63. The van der Waals surface area contributed by atoms with E-state index in [-0.39, 0.29) is 0 Å². The zero-order chi connectivity index (χ0) is 14.7. The van der Waals surface area contributed by atoms with Gasteiger partial charge in [0.2, 0.25) is 0 Å². The molecule has 1 aliphatic rings. The molecule has 0 saturated heterocycles. The van der Waals surface area contributed by atoms with Gasteiger partial charge in [-0.05, 0) is 36.3 Å². The fraction of sp³-hybridized carbons (Fsp3) is 0.389. The first-order chi connectivity index (χ1) is 10.3. The van der Waals surface area contributed by atoms with E-state index in [4.69, 9.17) is 4.74 Å². The third-order valence-corrected chi connectivity index (χ3v) is 4.31. The molecule has 0 bridgehead atoms. The van der Waals surface area contributed by atoms with E-state index in [2.05, 4.69) is 0 Å². The van der Waals surface area contributed by atoms with Crippen molar-refractivity contribution in [3.63, 3.8) is 0 Å². The van der Waals surface area contributed by atoms with Crippen LogP contribution in [0.15, 0.2) is 36.4 Å². The Bertz CT molecular complexity index is 642. The molecule has 0 amide bonds. The summed E-state index contributed by atoms with van der Waals surface area (Å²) in [5.74, 6) is 0.530. The van der Waals surface area contributed by atoms with E-state index >= 15 is 0 Å². The lowest BCUT2D eigenvalue weighted by atomic mass is 9.90. The third kappa shape index (κ3) is 3.02. The lowest BCUT2D eigenvalue weighted by molar-refractivity contribution is 0.0699. The van der Waals surface area contributed by atoms with Crippen LogP contribution in [-0.2, 0) is 0 Å². The van der Waals surface area contributed by atoms with Gasteiger partial charge in [-0.2, -0.15) is 0 Å². The summed E-state index contributed by atoms with van der Waals surface area (Å²) in [4.78, 5) is 11.3. The van der Waals surface area contributed by atoms with Gasteiger partial charge in [-0.15, -0.1) is 0 Å². The maximum absolute atomic E-state index is 11.3. The summed E-state index contributed by atoms with van der Waals surface area (Å²) in [6, 6.07) is 11.0. The summed E-state index contributed by atoms with van der Waals surface area (Å²) in [7, 11) is 0. The summed E-state index contributed by atoms with van der Waals surface area (Å²) in [6.07, 6.45) is 6.42. The molecular weight excluding hydrogens is 264 g/mol. The third-order valence-electron chi connectivity index (χ3n) is 4.31. The highest BCUT2D eigenvalue weighted by Crippen LogP contribution is 2.30. The van der Waals surface area contributed by atoms with Crippen LogP contribution in [0.1, 0.15) is 42.5 Å². The van der Waals surface area contributed by atoms with E-state index in [0.717, 1.165) is 23.1 Å². The van der Waals surface area contributed by atoms with Gasteiger partial charge in [0.25, 0.3) is 0 Å². The normalized spacial score (nSPS) is 16.0.